The van der Waals surface area contributed by atoms with E-state index in [4.69, 9.17) is 10.3 Å². The van der Waals surface area contributed by atoms with Crippen LogP contribution in [0, 0.1) is 11.8 Å². The standard InChI is InChI=1S/C12H13N3O/c1-2-3-9-16-10-12(14-15-13)11-7-5-4-6-8-11/h4-8,12H,9-10H2,1H3/t12-/m1/s1. The first-order valence-electron chi connectivity index (χ1n) is 4.95. The second-order valence-electron chi connectivity index (χ2n) is 3.07. The van der Waals surface area contributed by atoms with E-state index in [-0.39, 0.29) is 6.04 Å². The Bertz CT molecular complexity index is 413. The predicted molar refractivity (Wildman–Crippen MR) is 62.6 cm³/mol. The summed E-state index contributed by atoms with van der Waals surface area (Å²) >= 11 is 0. The van der Waals surface area contributed by atoms with Crippen LogP contribution in [0.2, 0.25) is 0 Å². The molecule has 0 aromatic heterocycles. The van der Waals surface area contributed by atoms with Crippen LogP contribution in [0.5, 0.6) is 0 Å². The molecule has 0 radical (unpaired) electrons. The fraction of sp³-hybridized carbons (Fsp3) is 0.333. The van der Waals surface area contributed by atoms with Crippen molar-refractivity contribution in [3.05, 3.63) is 46.3 Å². The van der Waals surface area contributed by atoms with Gasteiger partial charge < -0.3 is 4.74 Å². The molecule has 1 aromatic rings. The van der Waals surface area contributed by atoms with Crippen LogP contribution in [-0.4, -0.2) is 13.2 Å². The van der Waals surface area contributed by atoms with Gasteiger partial charge in [-0.1, -0.05) is 41.4 Å². The highest BCUT2D eigenvalue weighted by Gasteiger charge is 2.08. The van der Waals surface area contributed by atoms with Crippen molar-refractivity contribution in [2.45, 2.75) is 13.0 Å². The average Bonchev–Trinajstić information content (AvgIpc) is 2.34. The van der Waals surface area contributed by atoms with Gasteiger partial charge in [0.1, 0.15) is 6.61 Å². The van der Waals surface area contributed by atoms with E-state index >= 15 is 0 Å². The Balaban J connectivity index is 2.60. The zero-order chi connectivity index (χ0) is 11.6. The molecule has 16 heavy (non-hydrogen) atoms. The fourth-order valence-corrected chi connectivity index (χ4v) is 1.23. The average molecular weight is 215 g/mol. The molecule has 1 rings (SSSR count). The monoisotopic (exact) mass is 215 g/mol. The van der Waals surface area contributed by atoms with E-state index in [1.807, 2.05) is 30.3 Å². The molecule has 0 saturated heterocycles. The second-order valence-corrected chi connectivity index (χ2v) is 3.07. The molecule has 4 nitrogen and oxygen atoms in total. The van der Waals surface area contributed by atoms with Crippen molar-refractivity contribution in [1.82, 2.24) is 0 Å². The van der Waals surface area contributed by atoms with Crippen LogP contribution in [0.25, 0.3) is 10.4 Å². The lowest BCUT2D eigenvalue weighted by Gasteiger charge is -2.10. The second kappa shape index (κ2) is 7.36. The van der Waals surface area contributed by atoms with Crippen LogP contribution < -0.4 is 0 Å². The summed E-state index contributed by atoms with van der Waals surface area (Å²) < 4.78 is 5.30. The normalized spacial score (nSPS) is 10.8. The first-order valence-corrected chi connectivity index (χ1v) is 4.95. The van der Waals surface area contributed by atoms with Gasteiger partial charge in [-0.25, -0.2) is 0 Å². The molecule has 0 unspecified atom stereocenters. The lowest BCUT2D eigenvalue weighted by molar-refractivity contribution is 0.151. The molecule has 0 fully saturated rings. The van der Waals surface area contributed by atoms with Crippen molar-refractivity contribution in [2.75, 3.05) is 13.2 Å². The number of azide groups is 1. The minimum Gasteiger partial charge on any atom is -0.368 e. The van der Waals surface area contributed by atoms with Crippen molar-refractivity contribution in [2.24, 2.45) is 5.11 Å². The van der Waals surface area contributed by atoms with Gasteiger partial charge in [0.05, 0.1) is 12.6 Å². The lowest BCUT2D eigenvalue weighted by atomic mass is 10.1. The maximum absolute atomic E-state index is 8.48. The van der Waals surface area contributed by atoms with Crippen LogP contribution in [0.1, 0.15) is 18.5 Å². The van der Waals surface area contributed by atoms with Gasteiger partial charge >= 0.3 is 0 Å². The Kier molecular flexibility index (Phi) is 5.57. The van der Waals surface area contributed by atoms with Crippen molar-refractivity contribution in [3.63, 3.8) is 0 Å². The molecule has 0 amide bonds. The number of benzene rings is 1. The van der Waals surface area contributed by atoms with E-state index in [1.165, 1.54) is 0 Å². The Hall–Kier alpha value is -1.95. The topological polar surface area (TPSA) is 58.0 Å². The summed E-state index contributed by atoms with van der Waals surface area (Å²) in [5, 5.41) is 3.70. The smallest absolute Gasteiger partial charge is 0.107 e. The van der Waals surface area contributed by atoms with Gasteiger partial charge in [0.25, 0.3) is 0 Å². The first kappa shape index (κ1) is 12.1. The van der Waals surface area contributed by atoms with E-state index < -0.39 is 0 Å². The molecular weight excluding hydrogens is 202 g/mol. The molecular formula is C12H13N3O. The molecule has 1 atom stereocenters. The van der Waals surface area contributed by atoms with E-state index in [2.05, 4.69) is 21.9 Å². The fourth-order valence-electron chi connectivity index (χ4n) is 1.23. The largest absolute Gasteiger partial charge is 0.368 e. The van der Waals surface area contributed by atoms with Crippen LogP contribution in [-0.2, 0) is 4.74 Å². The lowest BCUT2D eigenvalue weighted by Crippen LogP contribution is -2.05. The van der Waals surface area contributed by atoms with E-state index in [0.717, 1.165) is 5.56 Å². The first-order chi connectivity index (χ1) is 7.88. The molecule has 1 aromatic carbocycles. The number of hydrogen-bond acceptors (Lipinski definition) is 2. The van der Waals surface area contributed by atoms with Gasteiger partial charge in [0.2, 0.25) is 0 Å². The highest BCUT2D eigenvalue weighted by Crippen LogP contribution is 2.17. The van der Waals surface area contributed by atoms with Crippen LogP contribution in [0.3, 0.4) is 0 Å². The van der Waals surface area contributed by atoms with Crippen molar-refractivity contribution in [1.29, 1.82) is 0 Å². The van der Waals surface area contributed by atoms with Gasteiger partial charge in [-0.05, 0) is 18.0 Å². The van der Waals surface area contributed by atoms with E-state index in [1.54, 1.807) is 6.92 Å². The number of rotatable bonds is 5. The summed E-state index contributed by atoms with van der Waals surface area (Å²) in [7, 11) is 0. The summed E-state index contributed by atoms with van der Waals surface area (Å²) in [6.07, 6.45) is 0. The molecule has 0 bridgehead atoms. The molecule has 0 spiro atoms. The van der Waals surface area contributed by atoms with Crippen LogP contribution >= 0.6 is 0 Å². The summed E-state index contributed by atoms with van der Waals surface area (Å²) in [5.74, 6) is 5.52. The molecule has 0 N–H and O–H groups in total. The van der Waals surface area contributed by atoms with Gasteiger partial charge in [0, 0.05) is 4.91 Å². The highest BCUT2D eigenvalue weighted by molar-refractivity contribution is 5.19. The molecule has 0 aliphatic carbocycles. The van der Waals surface area contributed by atoms with Gasteiger partial charge in [0.15, 0.2) is 0 Å². The van der Waals surface area contributed by atoms with Crippen molar-refractivity contribution < 1.29 is 4.74 Å². The maximum Gasteiger partial charge on any atom is 0.107 e. The van der Waals surface area contributed by atoms with E-state index in [9.17, 15) is 0 Å². The number of hydrogen-bond donors (Lipinski definition) is 0. The van der Waals surface area contributed by atoms with Crippen molar-refractivity contribution >= 4 is 0 Å². The summed E-state index contributed by atoms with van der Waals surface area (Å²) in [4.78, 5) is 2.82. The molecule has 0 aliphatic rings. The summed E-state index contributed by atoms with van der Waals surface area (Å²) in [6.45, 7) is 2.47. The Morgan fingerprint density at radius 2 is 2.19 bits per heavy atom. The third-order valence-electron chi connectivity index (χ3n) is 2.00. The summed E-state index contributed by atoms with van der Waals surface area (Å²) in [5.41, 5.74) is 9.42. The number of nitrogens with zero attached hydrogens (tertiary/aromatic N) is 3. The Labute approximate surface area is 94.9 Å². The molecule has 0 aliphatic heterocycles. The quantitative estimate of drug-likeness (QED) is 0.245. The Morgan fingerprint density at radius 3 is 2.81 bits per heavy atom. The van der Waals surface area contributed by atoms with Crippen LogP contribution in [0.4, 0.5) is 0 Å². The SMILES string of the molecule is CC#CCOC[C@@H](N=[N+]=[N-])c1ccccc1. The minimum absolute atomic E-state index is 0.287. The van der Waals surface area contributed by atoms with Gasteiger partial charge in [-0.3, -0.25) is 0 Å². The van der Waals surface area contributed by atoms with Crippen LogP contribution in [0.15, 0.2) is 35.4 Å². The number of ether oxygens (including phenoxy) is 1. The molecule has 82 valence electrons. The molecule has 0 saturated carbocycles. The molecule has 4 heteroatoms. The zero-order valence-electron chi connectivity index (χ0n) is 9.13. The molecule has 0 heterocycles. The van der Waals surface area contributed by atoms with Gasteiger partial charge in [-0.2, -0.15) is 0 Å². The Morgan fingerprint density at radius 1 is 1.44 bits per heavy atom. The summed E-state index contributed by atoms with van der Waals surface area (Å²) in [6, 6.07) is 9.26. The van der Waals surface area contributed by atoms with E-state index in [0.29, 0.717) is 13.2 Å². The third-order valence-corrected chi connectivity index (χ3v) is 2.00. The predicted octanol–water partition coefficient (Wildman–Crippen LogP) is 3.08. The van der Waals surface area contributed by atoms with Gasteiger partial charge in [-0.15, -0.1) is 5.92 Å². The maximum atomic E-state index is 8.48. The van der Waals surface area contributed by atoms with Crippen molar-refractivity contribution in [3.8, 4) is 11.8 Å². The zero-order valence-corrected chi connectivity index (χ0v) is 9.13. The third kappa shape index (κ3) is 4.05. The highest BCUT2D eigenvalue weighted by atomic mass is 16.5. The minimum atomic E-state index is -0.287.